The number of aliphatic hydroxyl groups is 1. The van der Waals surface area contributed by atoms with E-state index in [1.807, 2.05) is 0 Å². The first-order valence-electron chi connectivity index (χ1n) is 6.77. The maximum absolute atomic E-state index is 11.7. The van der Waals surface area contributed by atoms with E-state index in [2.05, 4.69) is 20.4 Å². The first kappa shape index (κ1) is 12.0. The molecule has 1 aliphatic heterocycles. The monoisotopic (exact) mass is 248 g/mol. The molecule has 0 radical (unpaired) electrons. The Bertz CT molecular complexity index is 449. The van der Waals surface area contributed by atoms with Crippen molar-refractivity contribution in [3.05, 3.63) is 23.3 Å². The first-order valence-corrected chi connectivity index (χ1v) is 6.77. The highest BCUT2D eigenvalue weighted by molar-refractivity contribution is 5.91. The largest absolute Gasteiger partial charge is 0.458 e. The molecular formula is C15H20O3. The fraction of sp³-hybridized carbons (Fsp3) is 0.667. The summed E-state index contributed by atoms with van der Waals surface area (Å²) >= 11 is 0. The van der Waals surface area contributed by atoms with E-state index in [1.165, 1.54) is 11.1 Å². The number of carbonyl (C=O) groups is 1. The highest BCUT2D eigenvalue weighted by atomic mass is 16.6. The Labute approximate surface area is 108 Å². The van der Waals surface area contributed by atoms with Gasteiger partial charge in [0.2, 0.25) is 0 Å². The Balaban J connectivity index is 2.01. The number of esters is 1. The van der Waals surface area contributed by atoms with Gasteiger partial charge in [-0.15, -0.1) is 0 Å². The number of hydrogen-bond acceptors (Lipinski definition) is 3. The molecule has 5 unspecified atom stereocenters. The number of hydrogen-bond donors (Lipinski definition) is 1. The van der Waals surface area contributed by atoms with Gasteiger partial charge in [0, 0.05) is 23.3 Å². The van der Waals surface area contributed by atoms with Crippen molar-refractivity contribution in [2.75, 3.05) is 0 Å². The van der Waals surface area contributed by atoms with E-state index in [1.54, 1.807) is 0 Å². The van der Waals surface area contributed by atoms with Crippen LogP contribution in [0.15, 0.2) is 23.3 Å². The van der Waals surface area contributed by atoms with Gasteiger partial charge in [-0.1, -0.05) is 24.6 Å². The molecule has 1 saturated carbocycles. The predicted octanol–water partition coefficient (Wildman–Crippen LogP) is 2.21. The van der Waals surface area contributed by atoms with Gasteiger partial charge in [0.05, 0.1) is 6.10 Å². The number of rotatable bonds is 0. The molecule has 1 saturated heterocycles. The highest BCUT2D eigenvalue weighted by Crippen LogP contribution is 2.50. The van der Waals surface area contributed by atoms with Crippen molar-refractivity contribution in [2.24, 2.45) is 17.8 Å². The standard InChI is InChI=1S/C15H20O3/c1-7-4-5-12(16)13-9(3)14-11(6-10(7)13)8(2)15(17)18-14/h9,11-14,16H,2,4-6H2,1,3H3. The molecule has 1 heterocycles. The third-order valence-electron chi connectivity index (χ3n) is 5.05. The molecule has 18 heavy (non-hydrogen) atoms. The van der Waals surface area contributed by atoms with Crippen LogP contribution in [-0.4, -0.2) is 23.3 Å². The number of ether oxygens (including phenoxy) is 1. The van der Waals surface area contributed by atoms with Gasteiger partial charge in [-0.25, -0.2) is 4.79 Å². The Kier molecular flexibility index (Phi) is 2.63. The number of allylic oxidation sites excluding steroid dienone is 1. The van der Waals surface area contributed by atoms with Gasteiger partial charge < -0.3 is 9.84 Å². The Morgan fingerprint density at radius 1 is 1.44 bits per heavy atom. The molecule has 0 bridgehead atoms. The molecule has 3 aliphatic rings. The number of carbonyl (C=O) groups excluding carboxylic acids is 1. The molecule has 0 aromatic heterocycles. The summed E-state index contributed by atoms with van der Waals surface area (Å²) in [7, 11) is 0. The lowest BCUT2D eigenvalue weighted by atomic mass is 9.63. The second kappa shape index (κ2) is 3.95. The summed E-state index contributed by atoms with van der Waals surface area (Å²) < 4.78 is 5.45. The van der Waals surface area contributed by atoms with E-state index in [9.17, 15) is 9.90 Å². The minimum Gasteiger partial charge on any atom is -0.458 e. The second-order valence-corrected chi connectivity index (χ2v) is 6.00. The average molecular weight is 248 g/mol. The number of aliphatic hydroxyl groups excluding tert-OH is 1. The molecule has 2 fully saturated rings. The van der Waals surface area contributed by atoms with Crippen LogP contribution in [0, 0.1) is 17.8 Å². The number of fused-ring (bicyclic) bond motifs is 2. The molecule has 0 spiro atoms. The molecule has 0 aromatic rings. The first-order chi connectivity index (χ1) is 8.50. The van der Waals surface area contributed by atoms with E-state index >= 15 is 0 Å². The van der Waals surface area contributed by atoms with Crippen LogP contribution in [0.1, 0.15) is 33.1 Å². The van der Waals surface area contributed by atoms with Crippen molar-refractivity contribution in [2.45, 2.75) is 45.3 Å². The molecule has 0 aromatic carbocycles. The van der Waals surface area contributed by atoms with E-state index in [0.717, 1.165) is 19.3 Å². The van der Waals surface area contributed by atoms with Crippen molar-refractivity contribution in [3.63, 3.8) is 0 Å². The van der Waals surface area contributed by atoms with E-state index in [-0.39, 0.29) is 35.9 Å². The average Bonchev–Trinajstić information content (AvgIpc) is 2.62. The lowest BCUT2D eigenvalue weighted by molar-refractivity contribution is -0.143. The maximum Gasteiger partial charge on any atom is 0.334 e. The summed E-state index contributed by atoms with van der Waals surface area (Å²) in [6, 6.07) is 0. The highest BCUT2D eigenvalue weighted by Gasteiger charge is 2.51. The summed E-state index contributed by atoms with van der Waals surface area (Å²) in [4.78, 5) is 11.7. The van der Waals surface area contributed by atoms with Crippen molar-refractivity contribution < 1.29 is 14.6 Å². The molecule has 0 amide bonds. The van der Waals surface area contributed by atoms with Crippen molar-refractivity contribution in [1.82, 2.24) is 0 Å². The van der Waals surface area contributed by atoms with Gasteiger partial charge in [0.1, 0.15) is 6.10 Å². The van der Waals surface area contributed by atoms with Crippen LogP contribution in [0.4, 0.5) is 0 Å². The Hall–Kier alpha value is -1.09. The minimum absolute atomic E-state index is 0.0840. The SMILES string of the molecule is C=C1C(=O)OC2C1CC1=C(C)CCC(O)C1C2C. The fourth-order valence-electron chi connectivity index (χ4n) is 3.98. The van der Waals surface area contributed by atoms with Crippen LogP contribution >= 0.6 is 0 Å². The lowest BCUT2D eigenvalue weighted by Gasteiger charge is -2.44. The fourth-order valence-corrected chi connectivity index (χ4v) is 3.98. The molecule has 3 heteroatoms. The van der Waals surface area contributed by atoms with Crippen LogP contribution < -0.4 is 0 Å². The Morgan fingerprint density at radius 3 is 2.89 bits per heavy atom. The summed E-state index contributed by atoms with van der Waals surface area (Å²) in [6.07, 6.45) is 2.27. The predicted molar refractivity (Wildman–Crippen MR) is 67.7 cm³/mol. The zero-order valence-corrected chi connectivity index (χ0v) is 11.0. The summed E-state index contributed by atoms with van der Waals surface area (Å²) in [6.45, 7) is 8.12. The molecule has 98 valence electrons. The maximum atomic E-state index is 11.7. The van der Waals surface area contributed by atoms with Gasteiger partial charge >= 0.3 is 5.97 Å². The topological polar surface area (TPSA) is 46.5 Å². The summed E-state index contributed by atoms with van der Waals surface area (Å²) in [5.74, 6) is 0.230. The van der Waals surface area contributed by atoms with Gasteiger partial charge in [-0.2, -0.15) is 0 Å². The molecule has 5 atom stereocenters. The third kappa shape index (κ3) is 1.50. The third-order valence-corrected chi connectivity index (χ3v) is 5.05. The van der Waals surface area contributed by atoms with Crippen LogP contribution in [0.25, 0.3) is 0 Å². The second-order valence-electron chi connectivity index (χ2n) is 6.00. The molecular weight excluding hydrogens is 228 g/mol. The van der Waals surface area contributed by atoms with Crippen molar-refractivity contribution in [1.29, 1.82) is 0 Å². The van der Waals surface area contributed by atoms with Gasteiger partial charge in [-0.05, 0) is 26.2 Å². The van der Waals surface area contributed by atoms with Gasteiger partial charge in [0.15, 0.2) is 0 Å². The van der Waals surface area contributed by atoms with E-state index in [0.29, 0.717) is 5.57 Å². The van der Waals surface area contributed by atoms with Crippen molar-refractivity contribution >= 4 is 5.97 Å². The van der Waals surface area contributed by atoms with Gasteiger partial charge in [0.25, 0.3) is 0 Å². The molecule has 3 nitrogen and oxygen atoms in total. The van der Waals surface area contributed by atoms with Crippen LogP contribution in [0.3, 0.4) is 0 Å². The van der Waals surface area contributed by atoms with Crippen LogP contribution in [0.5, 0.6) is 0 Å². The normalized spacial score (nSPS) is 43.6. The molecule has 2 aliphatic carbocycles. The zero-order valence-electron chi connectivity index (χ0n) is 11.0. The van der Waals surface area contributed by atoms with E-state index < -0.39 is 0 Å². The van der Waals surface area contributed by atoms with Crippen LogP contribution in [0.2, 0.25) is 0 Å². The zero-order chi connectivity index (χ0) is 13.0. The smallest absolute Gasteiger partial charge is 0.334 e. The summed E-state index contributed by atoms with van der Waals surface area (Å²) in [5, 5.41) is 10.2. The molecule has 3 rings (SSSR count). The quantitative estimate of drug-likeness (QED) is 0.406. The van der Waals surface area contributed by atoms with Gasteiger partial charge in [-0.3, -0.25) is 0 Å². The van der Waals surface area contributed by atoms with Crippen LogP contribution in [-0.2, 0) is 9.53 Å². The van der Waals surface area contributed by atoms with Crippen molar-refractivity contribution in [3.8, 4) is 0 Å². The lowest BCUT2D eigenvalue weighted by Crippen LogP contribution is -2.44. The summed E-state index contributed by atoms with van der Waals surface area (Å²) in [5.41, 5.74) is 3.36. The minimum atomic E-state index is -0.285. The van der Waals surface area contributed by atoms with E-state index in [4.69, 9.17) is 4.74 Å². The Morgan fingerprint density at radius 2 is 2.17 bits per heavy atom. The molecule has 1 N–H and O–H groups in total.